The SMILES string of the molecule is COc1ccc([C@@H](CNC(=O)CSc2ccccc2C)N(C)C)cc1. The number of thioether (sulfide) groups is 1. The number of benzene rings is 2. The standard InChI is InChI=1S/C20H26N2O2S/c1-15-7-5-6-8-19(15)25-14-20(23)21-13-18(22(2)3)16-9-11-17(24-4)12-10-16/h5-12,18H,13-14H2,1-4H3,(H,21,23)/t18-/m1/s1. The number of nitrogens with zero attached hydrogens (tertiary/aromatic N) is 1. The highest BCUT2D eigenvalue weighted by Crippen LogP contribution is 2.22. The van der Waals surface area contributed by atoms with E-state index in [2.05, 4.69) is 23.2 Å². The maximum Gasteiger partial charge on any atom is 0.230 e. The van der Waals surface area contributed by atoms with Gasteiger partial charge in [0.25, 0.3) is 0 Å². The summed E-state index contributed by atoms with van der Waals surface area (Å²) in [6.45, 7) is 2.64. The van der Waals surface area contributed by atoms with E-state index in [0.717, 1.165) is 16.2 Å². The molecule has 1 N–H and O–H groups in total. The van der Waals surface area contributed by atoms with Crippen LogP contribution in [0.4, 0.5) is 0 Å². The molecule has 1 atom stereocenters. The molecule has 1 amide bonds. The molecule has 5 heteroatoms. The normalized spacial score (nSPS) is 12.0. The van der Waals surface area contributed by atoms with E-state index in [1.165, 1.54) is 5.56 Å². The average Bonchev–Trinajstić information content (AvgIpc) is 2.61. The first-order valence-corrected chi connectivity index (χ1v) is 9.25. The van der Waals surface area contributed by atoms with Crippen molar-refractivity contribution in [3.8, 4) is 5.75 Å². The lowest BCUT2D eigenvalue weighted by atomic mass is 10.1. The van der Waals surface area contributed by atoms with Crippen molar-refractivity contribution in [1.29, 1.82) is 0 Å². The van der Waals surface area contributed by atoms with E-state index in [-0.39, 0.29) is 11.9 Å². The molecule has 0 unspecified atom stereocenters. The average molecular weight is 359 g/mol. The van der Waals surface area contributed by atoms with Gasteiger partial charge in [-0.15, -0.1) is 11.8 Å². The second-order valence-electron chi connectivity index (χ2n) is 6.11. The third-order valence-electron chi connectivity index (χ3n) is 4.07. The van der Waals surface area contributed by atoms with E-state index < -0.39 is 0 Å². The molecular weight excluding hydrogens is 332 g/mol. The fourth-order valence-electron chi connectivity index (χ4n) is 2.55. The van der Waals surface area contributed by atoms with Gasteiger partial charge in [0.1, 0.15) is 5.75 Å². The topological polar surface area (TPSA) is 41.6 Å². The Morgan fingerprint density at radius 2 is 1.84 bits per heavy atom. The van der Waals surface area contributed by atoms with E-state index >= 15 is 0 Å². The summed E-state index contributed by atoms with van der Waals surface area (Å²) in [5, 5.41) is 3.05. The van der Waals surface area contributed by atoms with Gasteiger partial charge in [-0.1, -0.05) is 30.3 Å². The molecule has 0 aromatic heterocycles. The third-order valence-corrected chi connectivity index (χ3v) is 5.24. The summed E-state index contributed by atoms with van der Waals surface area (Å²) in [5.74, 6) is 1.31. The smallest absolute Gasteiger partial charge is 0.230 e. The first-order chi connectivity index (χ1) is 12.0. The Balaban J connectivity index is 1.89. The highest BCUT2D eigenvalue weighted by molar-refractivity contribution is 8.00. The minimum absolute atomic E-state index is 0.0496. The lowest BCUT2D eigenvalue weighted by Gasteiger charge is -2.25. The van der Waals surface area contributed by atoms with E-state index in [9.17, 15) is 4.79 Å². The van der Waals surface area contributed by atoms with Crippen LogP contribution >= 0.6 is 11.8 Å². The summed E-state index contributed by atoms with van der Waals surface area (Å²) in [4.78, 5) is 15.5. The first kappa shape index (κ1) is 19.3. The number of aryl methyl sites for hydroxylation is 1. The molecule has 134 valence electrons. The van der Waals surface area contributed by atoms with Crippen molar-refractivity contribution in [2.24, 2.45) is 0 Å². The number of ether oxygens (including phenoxy) is 1. The largest absolute Gasteiger partial charge is 0.497 e. The summed E-state index contributed by atoms with van der Waals surface area (Å²) in [5.41, 5.74) is 2.35. The number of amides is 1. The van der Waals surface area contributed by atoms with Gasteiger partial charge in [0.15, 0.2) is 0 Å². The van der Waals surface area contributed by atoms with Crippen LogP contribution in [0.1, 0.15) is 17.2 Å². The molecule has 0 heterocycles. The predicted molar refractivity (Wildman–Crippen MR) is 104 cm³/mol. The molecule has 2 aromatic carbocycles. The zero-order valence-electron chi connectivity index (χ0n) is 15.3. The molecule has 0 bridgehead atoms. The van der Waals surface area contributed by atoms with Crippen LogP contribution in [0, 0.1) is 6.92 Å². The Morgan fingerprint density at radius 3 is 2.44 bits per heavy atom. The van der Waals surface area contributed by atoms with E-state index in [0.29, 0.717) is 12.3 Å². The summed E-state index contributed by atoms with van der Waals surface area (Å²) >= 11 is 1.57. The van der Waals surface area contributed by atoms with E-state index in [1.807, 2.05) is 56.6 Å². The molecule has 25 heavy (non-hydrogen) atoms. The highest BCUT2D eigenvalue weighted by Gasteiger charge is 2.15. The lowest BCUT2D eigenvalue weighted by molar-refractivity contribution is -0.118. The summed E-state index contributed by atoms with van der Waals surface area (Å²) in [6, 6.07) is 16.2. The molecule has 4 nitrogen and oxygen atoms in total. The number of methoxy groups -OCH3 is 1. The Morgan fingerprint density at radius 1 is 1.16 bits per heavy atom. The van der Waals surface area contributed by atoms with E-state index in [4.69, 9.17) is 4.74 Å². The minimum Gasteiger partial charge on any atom is -0.497 e. The van der Waals surface area contributed by atoms with Gasteiger partial charge in [-0.2, -0.15) is 0 Å². The van der Waals surface area contributed by atoms with Crippen molar-refractivity contribution >= 4 is 17.7 Å². The Kier molecular flexibility index (Phi) is 7.34. The maximum atomic E-state index is 12.2. The van der Waals surface area contributed by atoms with Gasteiger partial charge in [-0.25, -0.2) is 0 Å². The van der Waals surface area contributed by atoms with E-state index in [1.54, 1.807) is 18.9 Å². The molecule has 0 aliphatic heterocycles. The van der Waals surface area contributed by atoms with Gasteiger partial charge in [0, 0.05) is 11.4 Å². The fraction of sp³-hybridized carbons (Fsp3) is 0.350. The van der Waals surface area contributed by atoms with Gasteiger partial charge in [0.2, 0.25) is 5.91 Å². The Labute approximate surface area is 154 Å². The second kappa shape index (κ2) is 9.49. The monoisotopic (exact) mass is 358 g/mol. The highest BCUT2D eigenvalue weighted by atomic mass is 32.2. The zero-order chi connectivity index (χ0) is 18.2. The zero-order valence-corrected chi connectivity index (χ0v) is 16.1. The van der Waals surface area contributed by atoms with Crippen molar-refractivity contribution in [1.82, 2.24) is 10.2 Å². The van der Waals surface area contributed by atoms with Crippen LogP contribution in [0.5, 0.6) is 5.75 Å². The summed E-state index contributed by atoms with van der Waals surface area (Å²) in [6.07, 6.45) is 0. The minimum atomic E-state index is 0.0496. The van der Waals surface area contributed by atoms with Crippen LogP contribution in [0.3, 0.4) is 0 Å². The van der Waals surface area contributed by atoms with Gasteiger partial charge < -0.3 is 15.0 Å². The number of nitrogens with one attached hydrogen (secondary N) is 1. The van der Waals surface area contributed by atoms with Crippen molar-refractivity contribution in [3.63, 3.8) is 0 Å². The second-order valence-corrected chi connectivity index (χ2v) is 7.13. The van der Waals surface area contributed by atoms with Gasteiger partial charge in [-0.05, 0) is 50.3 Å². The Bertz CT molecular complexity index is 686. The van der Waals surface area contributed by atoms with Crippen LogP contribution in [-0.4, -0.2) is 44.3 Å². The lowest BCUT2D eigenvalue weighted by Crippen LogP contribution is -2.35. The van der Waals surface area contributed by atoms with Gasteiger partial charge in [-0.3, -0.25) is 4.79 Å². The quantitative estimate of drug-likeness (QED) is 0.733. The van der Waals surface area contributed by atoms with Crippen LogP contribution in [0.25, 0.3) is 0 Å². The first-order valence-electron chi connectivity index (χ1n) is 8.26. The Hall–Kier alpha value is -1.98. The molecule has 0 aliphatic rings. The fourth-order valence-corrected chi connectivity index (χ4v) is 3.41. The molecule has 2 aromatic rings. The van der Waals surface area contributed by atoms with Crippen LogP contribution in [0.2, 0.25) is 0 Å². The number of carbonyl (C=O) groups excluding carboxylic acids is 1. The number of likely N-dealkylation sites (N-methyl/N-ethyl adjacent to an activating group) is 1. The molecule has 0 aliphatic carbocycles. The molecular formula is C20H26N2O2S. The van der Waals surface area contributed by atoms with Crippen molar-refractivity contribution in [3.05, 3.63) is 59.7 Å². The van der Waals surface area contributed by atoms with Crippen molar-refractivity contribution in [2.45, 2.75) is 17.9 Å². The molecule has 0 spiro atoms. The van der Waals surface area contributed by atoms with Crippen LogP contribution < -0.4 is 10.1 Å². The molecule has 0 radical (unpaired) electrons. The van der Waals surface area contributed by atoms with Crippen LogP contribution in [0.15, 0.2) is 53.4 Å². The number of rotatable bonds is 8. The molecule has 2 rings (SSSR count). The van der Waals surface area contributed by atoms with Gasteiger partial charge in [0.05, 0.1) is 18.9 Å². The summed E-state index contributed by atoms with van der Waals surface area (Å²) < 4.78 is 5.21. The van der Waals surface area contributed by atoms with Crippen LogP contribution in [-0.2, 0) is 4.79 Å². The molecule has 0 fully saturated rings. The van der Waals surface area contributed by atoms with Crippen molar-refractivity contribution < 1.29 is 9.53 Å². The maximum absolute atomic E-state index is 12.2. The van der Waals surface area contributed by atoms with Gasteiger partial charge >= 0.3 is 0 Å². The summed E-state index contributed by atoms with van der Waals surface area (Å²) in [7, 11) is 5.69. The number of hydrogen-bond acceptors (Lipinski definition) is 4. The van der Waals surface area contributed by atoms with Crippen molar-refractivity contribution in [2.75, 3.05) is 33.5 Å². The third kappa shape index (κ3) is 5.80. The molecule has 0 saturated heterocycles. The number of carbonyl (C=O) groups is 1. The number of hydrogen-bond donors (Lipinski definition) is 1. The molecule has 0 saturated carbocycles. The predicted octanol–water partition coefficient (Wildman–Crippen LogP) is 3.51.